The fourth-order valence-electron chi connectivity index (χ4n) is 4.06. The van der Waals surface area contributed by atoms with Gasteiger partial charge < -0.3 is 10.2 Å². The highest BCUT2D eigenvalue weighted by Crippen LogP contribution is 2.35. The van der Waals surface area contributed by atoms with Gasteiger partial charge in [0.2, 0.25) is 5.91 Å². The molecule has 134 valence electrons. The van der Waals surface area contributed by atoms with Crippen LogP contribution in [0.25, 0.3) is 0 Å². The molecule has 0 radical (unpaired) electrons. The molecule has 0 bridgehead atoms. The number of aryl methyl sites for hydroxylation is 1. The Bertz CT molecular complexity index is 822. The normalized spacial score (nSPS) is 19.7. The monoisotopic (exact) mass is 348 g/mol. The molecule has 0 aromatic heterocycles. The molecule has 1 saturated carbocycles. The molecule has 1 fully saturated rings. The summed E-state index contributed by atoms with van der Waals surface area (Å²) in [5.41, 5.74) is 3.68. The fourth-order valence-corrected chi connectivity index (χ4v) is 4.06. The lowest BCUT2D eigenvalue weighted by molar-refractivity contribution is -0.126. The zero-order chi connectivity index (χ0) is 18.1. The third kappa shape index (κ3) is 3.12. The number of carbonyl (C=O) groups excluding carboxylic acids is 2. The van der Waals surface area contributed by atoms with Gasteiger partial charge in [-0.1, -0.05) is 60.9 Å². The van der Waals surface area contributed by atoms with Gasteiger partial charge in [0.05, 0.1) is 0 Å². The van der Waals surface area contributed by atoms with E-state index in [1.807, 2.05) is 55.5 Å². The molecule has 26 heavy (non-hydrogen) atoms. The Kier molecular flexibility index (Phi) is 4.49. The zero-order valence-electron chi connectivity index (χ0n) is 15.1. The van der Waals surface area contributed by atoms with Gasteiger partial charge in [-0.3, -0.25) is 9.59 Å². The standard InChI is InChI=1S/C22H24N2O2/c1-15-10-12-16(13-11-15)14-24-20(21(25)23-17-6-2-3-7-17)18-8-4-5-9-19(18)22(24)26/h4-5,8-13,17,20H,2-3,6-7,14H2,1H3,(H,23,25)/t20-/m0/s1. The van der Waals surface area contributed by atoms with Gasteiger partial charge in [0, 0.05) is 18.2 Å². The van der Waals surface area contributed by atoms with E-state index in [9.17, 15) is 9.59 Å². The highest BCUT2D eigenvalue weighted by molar-refractivity contribution is 6.04. The molecule has 2 amide bonds. The van der Waals surface area contributed by atoms with Gasteiger partial charge in [-0.05, 0) is 37.0 Å². The summed E-state index contributed by atoms with van der Waals surface area (Å²) in [6, 6.07) is 15.3. The molecule has 1 N–H and O–H groups in total. The van der Waals surface area contributed by atoms with Gasteiger partial charge in [-0.2, -0.15) is 0 Å². The first-order valence-electron chi connectivity index (χ1n) is 9.39. The second-order valence-electron chi connectivity index (χ2n) is 7.40. The number of carbonyl (C=O) groups is 2. The predicted octanol–water partition coefficient (Wildman–Crippen LogP) is 3.75. The van der Waals surface area contributed by atoms with E-state index < -0.39 is 6.04 Å². The fraction of sp³-hybridized carbons (Fsp3) is 0.364. The molecule has 0 unspecified atom stereocenters. The first kappa shape index (κ1) is 16.8. The molecule has 4 heteroatoms. The summed E-state index contributed by atoms with van der Waals surface area (Å²) in [6.07, 6.45) is 4.40. The predicted molar refractivity (Wildman–Crippen MR) is 101 cm³/mol. The van der Waals surface area contributed by atoms with E-state index in [4.69, 9.17) is 0 Å². The number of benzene rings is 2. The van der Waals surface area contributed by atoms with Crippen LogP contribution in [0.4, 0.5) is 0 Å². The second-order valence-corrected chi connectivity index (χ2v) is 7.40. The SMILES string of the molecule is Cc1ccc(CN2C(=O)c3ccccc3[C@H]2C(=O)NC2CCCC2)cc1. The molecule has 0 spiro atoms. The van der Waals surface area contributed by atoms with Crippen LogP contribution in [0.5, 0.6) is 0 Å². The van der Waals surface area contributed by atoms with Crippen LogP contribution in [0.15, 0.2) is 48.5 Å². The van der Waals surface area contributed by atoms with Crippen LogP contribution >= 0.6 is 0 Å². The van der Waals surface area contributed by atoms with E-state index in [0.717, 1.165) is 36.8 Å². The van der Waals surface area contributed by atoms with Gasteiger partial charge in [0.15, 0.2) is 0 Å². The molecule has 1 aliphatic carbocycles. The summed E-state index contributed by atoms with van der Waals surface area (Å²) >= 11 is 0. The van der Waals surface area contributed by atoms with Crippen molar-refractivity contribution in [3.63, 3.8) is 0 Å². The lowest BCUT2D eigenvalue weighted by atomic mass is 10.0. The first-order chi connectivity index (χ1) is 12.6. The van der Waals surface area contributed by atoms with Gasteiger partial charge in [-0.25, -0.2) is 0 Å². The molecule has 1 atom stereocenters. The Morgan fingerprint density at radius 3 is 2.50 bits per heavy atom. The van der Waals surface area contributed by atoms with Gasteiger partial charge >= 0.3 is 0 Å². The number of hydrogen-bond donors (Lipinski definition) is 1. The van der Waals surface area contributed by atoms with Crippen LogP contribution in [0.1, 0.15) is 58.8 Å². The summed E-state index contributed by atoms with van der Waals surface area (Å²) in [4.78, 5) is 27.7. The lowest BCUT2D eigenvalue weighted by Gasteiger charge is -2.26. The largest absolute Gasteiger partial charge is 0.351 e. The van der Waals surface area contributed by atoms with Crippen molar-refractivity contribution in [2.24, 2.45) is 0 Å². The van der Waals surface area contributed by atoms with Crippen LogP contribution in [0.2, 0.25) is 0 Å². The minimum absolute atomic E-state index is 0.0534. The minimum Gasteiger partial charge on any atom is -0.351 e. The molecular weight excluding hydrogens is 324 g/mol. The molecule has 1 heterocycles. The lowest BCUT2D eigenvalue weighted by Crippen LogP contribution is -2.42. The van der Waals surface area contributed by atoms with E-state index in [-0.39, 0.29) is 17.9 Å². The van der Waals surface area contributed by atoms with E-state index >= 15 is 0 Å². The number of fused-ring (bicyclic) bond motifs is 1. The van der Waals surface area contributed by atoms with E-state index in [1.165, 1.54) is 5.56 Å². The van der Waals surface area contributed by atoms with Crippen molar-refractivity contribution in [2.45, 2.75) is 51.2 Å². The maximum atomic E-state index is 13.1. The number of amides is 2. The maximum absolute atomic E-state index is 13.1. The Morgan fingerprint density at radius 1 is 1.08 bits per heavy atom. The number of nitrogens with zero attached hydrogens (tertiary/aromatic N) is 1. The topological polar surface area (TPSA) is 49.4 Å². The van der Waals surface area contributed by atoms with Crippen molar-refractivity contribution >= 4 is 11.8 Å². The summed E-state index contributed by atoms with van der Waals surface area (Å²) < 4.78 is 0. The molecule has 2 aliphatic rings. The van der Waals surface area contributed by atoms with Crippen LogP contribution < -0.4 is 5.32 Å². The Balaban J connectivity index is 1.62. The molecule has 4 nitrogen and oxygen atoms in total. The third-order valence-corrected chi connectivity index (χ3v) is 5.48. The quantitative estimate of drug-likeness (QED) is 0.915. The summed E-state index contributed by atoms with van der Waals surface area (Å²) in [6.45, 7) is 2.48. The number of rotatable bonds is 4. The molecule has 2 aromatic carbocycles. The molecular formula is C22H24N2O2. The second kappa shape index (κ2) is 6.94. The van der Waals surface area contributed by atoms with Gasteiger partial charge in [0.25, 0.3) is 5.91 Å². The zero-order valence-corrected chi connectivity index (χ0v) is 15.1. The summed E-state index contributed by atoms with van der Waals surface area (Å²) in [7, 11) is 0. The van der Waals surface area contributed by atoms with Crippen molar-refractivity contribution < 1.29 is 9.59 Å². The first-order valence-corrected chi connectivity index (χ1v) is 9.39. The molecule has 4 rings (SSSR count). The van der Waals surface area contributed by atoms with Crippen molar-refractivity contribution in [1.82, 2.24) is 10.2 Å². The summed E-state index contributed by atoms with van der Waals surface area (Å²) in [5, 5.41) is 3.17. The minimum atomic E-state index is -0.541. The van der Waals surface area contributed by atoms with Gasteiger partial charge in [-0.15, -0.1) is 0 Å². The summed E-state index contributed by atoms with van der Waals surface area (Å²) in [5.74, 6) is -0.116. The molecule has 2 aromatic rings. The number of nitrogens with one attached hydrogen (secondary N) is 1. The smallest absolute Gasteiger partial charge is 0.255 e. The van der Waals surface area contributed by atoms with Crippen LogP contribution in [0.3, 0.4) is 0 Å². The average molecular weight is 348 g/mol. The number of hydrogen-bond acceptors (Lipinski definition) is 2. The van der Waals surface area contributed by atoms with Crippen molar-refractivity contribution in [2.75, 3.05) is 0 Å². The van der Waals surface area contributed by atoms with Crippen molar-refractivity contribution in [3.8, 4) is 0 Å². The Morgan fingerprint density at radius 2 is 1.77 bits per heavy atom. The molecule has 1 aliphatic heterocycles. The maximum Gasteiger partial charge on any atom is 0.255 e. The van der Waals surface area contributed by atoms with E-state index in [0.29, 0.717) is 12.1 Å². The highest BCUT2D eigenvalue weighted by Gasteiger charge is 2.41. The van der Waals surface area contributed by atoms with E-state index in [1.54, 1.807) is 4.90 Å². The Labute approximate surface area is 154 Å². The van der Waals surface area contributed by atoms with E-state index in [2.05, 4.69) is 5.32 Å². The average Bonchev–Trinajstić information content (AvgIpc) is 3.24. The van der Waals surface area contributed by atoms with Gasteiger partial charge in [0.1, 0.15) is 6.04 Å². The third-order valence-electron chi connectivity index (χ3n) is 5.48. The van der Waals surface area contributed by atoms with Crippen molar-refractivity contribution in [3.05, 3.63) is 70.8 Å². The van der Waals surface area contributed by atoms with Crippen LogP contribution in [0, 0.1) is 6.92 Å². The highest BCUT2D eigenvalue weighted by atomic mass is 16.2. The molecule has 0 saturated heterocycles. The van der Waals surface area contributed by atoms with Crippen LogP contribution in [-0.2, 0) is 11.3 Å². The van der Waals surface area contributed by atoms with Crippen molar-refractivity contribution in [1.29, 1.82) is 0 Å². The Hall–Kier alpha value is -2.62. The van der Waals surface area contributed by atoms with Crippen LogP contribution in [-0.4, -0.2) is 22.8 Å².